The van der Waals surface area contributed by atoms with E-state index in [1.807, 2.05) is 36.4 Å². The van der Waals surface area contributed by atoms with Gasteiger partial charge in [0, 0.05) is 6.04 Å². The summed E-state index contributed by atoms with van der Waals surface area (Å²) < 4.78 is 0. The van der Waals surface area contributed by atoms with Crippen LogP contribution >= 0.6 is 0 Å². The minimum Gasteiger partial charge on any atom is -0.309 e. The van der Waals surface area contributed by atoms with Crippen LogP contribution in [0.1, 0.15) is 37.3 Å². The molecule has 0 amide bonds. The number of para-hydroxylation sites is 1. The van der Waals surface area contributed by atoms with E-state index in [0.29, 0.717) is 11.2 Å². The van der Waals surface area contributed by atoms with Crippen molar-refractivity contribution in [3.05, 3.63) is 76.3 Å². The fourth-order valence-corrected chi connectivity index (χ4v) is 2.80. The first kappa shape index (κ1) is 15.4. The highest BCUT2D eigenvalue weighted by Gasteiger charge is 2.21. The van der Waals surface area contributed by atoms with Crippen LogP contribution in [0.15, 0.2) is 59.4 Å². The Bertz CT molecular complexity index is 857. The summed E-state index contributed by atoms with van der Waals surface area (Å²) in [6.07, 6.45) is 0. The van der Waals surface area contributed by atoms with Crippen molar-refractivity contribution in [1.82, 2.24) is 14.9 Å². The second kappa shape index (κ2) is 6.34. The maximum Gasteiger partial charge on any atom is 0.258 e. The van der Waals surface area contributed by atoms with E-state index >= 15 is 0 Å². The third-order valence-corrected chi connectivity index (χ3v) is 4.53. The van der Waals surface area contributed by atoms with Crippen molar-refractivity contribution >= 4 is 10.9 Å². The van der Waals surface area contributed by atoms with Crippen molar-refractivity contribution in [3.8, 4) is 0 Å². The van der Waals surface area contributed by atoms with Gasteiger partial charge in [0.25, 0.3) is 5.56 Å². The number of rotatable bonds is 4. The molecular weight excluding hydrogens is 286 g/mol. The summed E-state index contributed by atoms with van der Waals surface area (Å²) in [5.74, 6) is 0.694. The molecule has 0 radical (unpaired) electrons. The van der Waals surface area contributed by atoms with Gasteiger partial charge in [0.05, 0.1) is 16.9 Å². The van der Waals surface area contributed by atoms with E-state index in [1.54, 1.807) is 6.07 Å². The predicted molar refractivity (Wildman–Crippen MR) is 93.4 cm³/mol. The van der Waals surface area contributed by atoms with Crippen molar-refractivity contribution < 1.29 is 0 Å². The molecule has 1 N–H and O–H groups in total. The minimum atomic E-state index is -0.0850. The van der Waals surface area contributed by atoms with Crippen LogP contribution in [0.3, 0.4) is 0 Å². The molecule has 3 rings (SSSR count). The van der Waals surface area contributed by atoms with Crippen molar-refractivity contribution in [3.63, 3.8) is 0 Å². The standard InChI is InChI=1S/C19H21N3O/c1-13(15-9-5-4-6-10-15)22(3)14(2)18-20-17-12-8-7-11-16(17)19(23)21-18/h4-14H,1-3H3,(H,20,21,23). The molecule has 118 valence electrons. The van der Waals surface area contributed by atoms with Gasteiger partial charge >= 0.3 is 0 Å². The summed E-state index contributed by atoms with van der Waals surface area (Å²) in [7, 11) is 2.05. The first-order chi connectivity index (χ1) is 11.1. The molecule has 3 aromatic rings. The predicted octanol–water partition coefficient (Wildman–Crippen LogP) is 3.68. The number of H-pyrrole nitrogens is 1. The smallest absolute Gasteiger partial charge is 0.258 e. The lowest BCUT2D eigenvalue weighted by Gasteiger charge is -2.30. The van der Waals surface area contributed by atoms with Crippen LogP contribution in [-0.4, -0.2) is 21.9 Å². The van der Waals surface area contributed by atoms with Gasteiger partial charge in [-0.2, -0.15) is 0 Å². The number of hydrogen-bond donors (Lipinski definition) is 1. The zero-order chi connectivity index (χ0) is 16.4. The molecule has 0 aliphatic rings. The van der Waals surface area contributed by atoms with Gasteiger partial charge < -0.3 is 4.98 Å². The second-order valence-electron chi connectivity index (χ2n) is 5.90. The van der Waals surface area contributed by atoms with Crippen LogP contribution in [0.25, 0.3) is 10.9 Å². The lowest BCUT2D eigenvalue weighted by molar-refractivity contribution is 0.192. The Morgan fingerprint density at radius 1 is 0.957 bits per heavy atom. The zero-order valence-corrected chi connectivity index (χ0v) is 13.7. The molecule has 2 aromatic carbocycles. The second-order valence-corrected chi connectivity index (χ2v) is 5.90. The van der Waals surface area contributed by atoms with Crippen LogP contribution in [0.5, 0.6) is 0 Å². The van der Waals surface area contributed by atoms with E-state index in [0.717, 1.165) is 5.52 Å². The van der Waals surface area contributed by atoms with Crippen molar-refractivity contribution in [2.75, 3.05) is 7.05 Å². The molecule has 4 nitrogen and oxygen atoms in total. The topological polar surface area (TPSA) is 49.0 Å². The van der Waals surface area contributed by atoms with Gasteiger partial charge in [-0.25, -0.2) is 4.98 Å². The quantitative estimate of drug-likeness (QED) is 0.800. The molecule has 0 bridgehead atoms. The number of aromatic amines is 1. The Balaban J connectivity index is 1.93. The van der Waals surface area contributed by atoms with Crippen LogP contribution in [-0.2, 0) is 0 Å². The average Bonchev–Trinajstić information content (AvgIpc) is 2.60. The molecule has 0 spiro atoms. The molecular formula is C19H21N3O. The maximum atomic E-state index is 12.3. The first-order valence-corrected chi connectivity index (χ1v) is 7.84. The lowest BCUT2D eigenvalue weighted by Crippen LogP contribution is -2.28. The van der Waals surface area contributed by atoms with E-state index in [9.17, 15) is 4.79 Å². The van der Waals surface area contributed by atoms with Crippen molar-refractivity contribution in [2.45, 2.75) is 25.9 Å². The Morgan fingerprint density at radius 2 is 1.61 bits per heavy atom. The summed E-state index contributed by atoms with van der Waals surface area (Å²) in [6, 6.07) is 18.0. The summed E-state index contributed by atoms with van der Waals surface area (Å²) in [5.41, 5.74) is 1.89. The molecule has 2 atom stereocenters. The lowest BCUT2D eigenvalue weighted by atomic mass is 10.1. The van der Waals surface area contributed by atoms with Crippen molar-refractivity contribution in [1.29, 1.82) is 0 Å². The highest BCUT2D eigenvalue weighted by atomic mass is 16.1. The van der Waals surface area contributed by atoms with Gasteiger partial charge in [-0.3, -0.25) is 9.69 Å². The van der Waals surface area contributed by atoms with Crippen molar-refractivity contribution in [2.24, 2.45) is 0 Å². The average molecular weight is 307 g/mol. The molecule has 0 aliphatic carbocycles. The molecule has 2 unspecified atom stereocenters. The molecule has 1 heterocycles. The van der Waals surface area contributed by atoms with E-state index in [1.165, 1.54) is 5.56 Å². The fourth-order valence-electron chi connectivity index (χ4n) is 2.80. The number of nitrogens with zero attached hydrogens (tertiary/aromatic N) is 2. The van der Waals surface area contributed by atoms with Crippen LogP contribution < -0.4 is 5.56 Å². The zero-order valence-electron chi connectivity index (χ0n) is 13.7. The van der Waals surface area contributed by atoms with E-state index in [-0.39, 0.29) is 17.6 Å². The SMILES string of the molecule is CC(c1ccccc1)N(C)C(C)c1nc2ccccc2c(=O)[nH]1. The number of fused-ring (bicyclic) bond motifs is 1. The van der Waals surface area contributed by atoms with Gasteiger partial charge in [-0.15, -0.1) is 0 Å². The molecule has 1 aromatic heterocycles. The van der Waals surface area contributed by atoms with E-state index in [4.69, 9.17) is 0 Å². The Labute approximate surface area is 135 Å². The minimum absolute atomic E-state index is 0.00233. The summed E-state index contributed by atoms with van der Waals surface area (Å²) in [5, 5.41) is 0.627. The summed E-state index contributed by atoms with van der Waals surface area (Å²) in [6.45, 7) is 4.22. The van der Waals surface area contributed by atoms with Crippen LogP contribution in [0.4, 0.5) is 0 Å². The molecule has 0 aliphatic heterocycles. The first-order valence-electron chi connectivity index (χ1n) is 7.84. The highest BCUT2D eigenvalue weighted by Crippen LogP contribution is 2.26. The van der Waals surface area contributed by atoms with E-state index < -0.39 is 0 Å². The van der Waals surface area contributed by atoms with Gasteiger partial charge in [0.2, 0.25) is 0 Å². The van der Waals surface area contributed by atoms with Crippen LogP contribution in [0, 0.1) is 0 Å². The maximum absolute atomic E-state index is 12.3. The van der Waals surface area contributed by atoms with Gasteiger partial charge in [-0.05, 0) is 38.6 Å². The third-order valence-electron chi connectivity index (χ3n) is 4.53. The number of hydrogen-bond acceptors (Lipinski definition) is 3. The monoisotopic (exact) mass is 307 g/mol. The molecule has 23 heavy (non-hydrogen) atoms. The van der Waals surface area contributed by atoms with Gasteiger partial charge in [0.1, 0.15) is 5.82 Å². The molecule has 4 heteroatoms. The normalized spacial score (nSPS) is 14.1. The largest absolute Gasteiger partial charge is 0.309 e. The molecule has 0 saturated heterocycles. The summed E-state index contributed by atoms with van der Waals surface area (Å²) in [4.78, 5) is 22.0. The Kier molecular flexibility index (Phi) is 4.26. The van der Waals surface area contributed by atoms with Gasteiger partial charge in [-0.1, -0.05) is 42.5 Å². The number of nitrogens with one attached hydrogen (secondary N) is 1. The molecule has 0 fully saturated rings. The fraction of sp³-hybridized carbons (Fsp3) is 0.263. The number of benzene rings is 2. The van der Waals surface area contributed by atoms with E-state index in [2.05, 4.69) is 47.9 Å². The molecule has 0 saturated carbocycles. The third kappa shape index (κ3) is 3.03. The van der Waals surface area contributed by atoms with Gasteiger partial charge in [0.15, 0.2) is 0 Å². The highest BCUT2D eigenvalue weighted by molar-refractivity contribution is 5.77. The Hall–Kier alpha value is -2.46. The Morgan fingerprint density at radius 3 is 2.35 bits per heavy atom. The van der Waals surface area contributed by atoms with Crippen LogP contribution in [0.2, 0.25) is 0 Å². The number of aromatic nitrogens is 2. The summed E-state index contributed by atoms with van der Waals surface area (Å²) >= 11 is 0.